The zero-order valence-electron chi connectivity index (χ0n) is 13.6. The van der Waals surface area contributed by atoms with Crippen LogP contribution in [0.3, 0.4) is 0 Å². The number of carbonyl (C=O) groups is 2. The molecule has 0 atom stereocenters. The fourth-order valence-corrected chi connectivity index (χ4v) is 5.57. The van der Waals surface area contributed by atoms with Crippen LogP contribution in [0.5, 0.6) is 0 Å². The molecule has 4 fully saturated rings. The molecule has 23 heavy (non-hydrogen) atoms. The fraction of sp³-hybridized carbons (Fsp3) is 0.579. The summed E-state index contributed by atoms with van der Waals surface area (Å²) < 4.78 is 0. The first-order valence-corrected chi connectivity index (χ1v) is 8.72. The van der Waals surface area contributed by atoms with Crippen molar-refractivity contribution in [2.45, 2.75) is 38.5 Å². The number of benzene rings is 1. The number of hydrogen-bond acceptors (Lipinski definition) is 2. The Morgan fingerprint density at radius 3 is 2.13 bits per heavy atom. The van der Waals surface area contributed by atoms with Crippen LogP contribution >= 0.6 is 0 Å². The molecule has 0 aliphatic heterocycles. The Morgan fingerprint density at radius 2 is 1.57 bits per heavy atom. The lowest BCUT2D eigenvalue weighted by molar-refractivity contribution is -0.140. The van der Waals surface area contributed by atoms with Crippen molar-refractivity contribution in [3.8, 4) is 0 Å². The zero-order chi connectivity index (χ0) is 16.0. The Labute approximate surface area is 137 Å². The maximum atomic E-state index is 13.1. The van der Waals surface area contributed by atoms with Gasteiger partial charge >= 0.3 is 0 Å². The van der Waals surface area contributed by atoms with Gasteiger partial charge in [-0.3, -0.25) is 9.59 Å². The number of para-hydroxylation sites is 1. The average molecular weight is 312 g/mol. The largest absolute Gasteiger partial charge is 0.355 e. The molecular weight excluding hydrogens is 288 g/mol. The Balaban J connectivity index is 1.58. The third-order valence-corrected chi connectivity index (χ3v) is 6.17. The summed E-state index contributed by atoms with van der Waals surface area (Å²) in [6.07, 6.45) is 7.07. The van der Waals surface area contributed by atoms with Crippen LogP contribution in [0.25, 0.3) is 0 Å². The van der Waals surface area contributed by atoms with Crippen molar-refractivity contribution in [3.05, 3.63) is 29.8 Å². The number of nitrogens with one attached hydrogen (secondary N) is 2. The van der Waals surface area contributed by atoms with Gasteiger partial charge in [-0.2, -0.15) is 0 Å². The van der Waals surface area contributed by atoms with Gasteiger partial charge in [0.1, 0.15) is 0 Å². The smallest absolute Gasteiger partial charge is 0.253 e. The standard InChI is InChI=1S/C19H24N2O2/c1-20-17(22)15-4-2-3-5-16(15)21-18(23)19-9-12-6-13(10-19)8-14(7-12)11-19/h2-5,12-14H,6-11H2,1H3,(H,20,22)(H,21,23). The van der Waals surface area contributed by atoms with Gasteiger partial charge in [-0.05, 0) is 68.4 Å². The van der Waals surface area contributed by atoms with Gasteiger partial charge in [0.05, 0.1) is 16.7 Å². The molecule has 5 rings (SSSR count). The minimum absolute atomic E-state index is 0.132. The molecule has 4 aliphatic carbocycles. The highest BCUT2D eigenvalue weighted by Crippen LogP contribution is 2.60. The van der Waals surface area contributed by atoms with Gasteiger partial charge in [-0.1, -0.05) is 12.1 Å². The number of amides is 2. The van der Waals surface area contributed by atoms with Crippen molar-refractivity contribution in [1.29, 1.82) is 0 Å². The first-order valence-electron chi connectivity index (χ1n) is 8.72. The molecule has 1 aromatic rings. The zero-order valence-corrected chi connectivity index (χ0v) is 13.6. The normalized spacial score (nSPS) is 34.2. The van der Waals surface area contributed by atoms with E-state index in [-0.39, 0.29) is 17.2 Å². The van der Waals surface area contributed by atoms with E-state index < -0.39 is 0 Å². The summed E-state index contributed by atoms with van der Waals surface area (Å²) in [5.41, 5.74) is 0.977. The molecule has 2 amide bonds. The summed E-state index contributed by atoms with van der Waals surface area (Å²) in [7, 11) is 1.61. The first-order chi connectivity index (χ1) is 11.1. The van der Waals surface area contributed by atoms with Gasteiger partial charge in [-0.15, -0.1) is 0 Å². The van der Waals surface area contributed by atoms with Crippen molar-refractivity contribution >= 4 is 17.5 Å². The molecule has 122 valence electrons. The highest BCUT2D eigenvalue weighted by molar-refractivity contribution is 6.04. The minimum Gasteiger partial charge on any atom is -0.355 e. The Morgan fingerprint density at radius 1 is 1.00 bits per heavy atom. The topological polar surface area (TPSA) is 58.2 Å². The lowest BCUT2D eigenvalue weighted by Crippen LogP contribution is -2.51. The van der Waals surface area contributed by atoms with Crippen LogP contribution in [0.4, 0.5) is 5.69 Å². The summed E-state index contributed by atoms with van der Waals surface area (Å²) in [6.45, 7) is 0. The molecule has 2 N–H and O–H groups in total. The highest BCUT2D eigenvalue weighted by Gasteiger charge is 2.54. The highest BCUT2D eigenvalue weighted by atomic mass is 16.2. The predicted octanol–water partition coefficient (Wildman–Crippen LogP) is 3.20. The van der Waals surface area contributed by atoms with Crippen LogP contribution in [0, 0.1) is 23.2 Å². The molecule has 0 aromatic heterocycles. The van der Waals surface area contributed by atoms with Crippen LogP contribution in [0.1, 0.15) is 48.9 Å². The van der Waals surface area contributed by atoms with Crippen LogP contribution in [-0.2, 0) is 4.79 Å². The van der Waals surface area contributed by atoms with Crippen LogP contribution in [0.2, 0.25) is 0 Å². The van der Waals surface area contributed by atoms with Crippen molar-refractivity contribution in [3.63, 3.8) is 0 Å². The SMILES string of the molecule is CNC(=O)c1ccccc1NC(=O)C12CC3CC(CC(C3)C1)C2. The van der Waals surface area contributed by atoms with Crippen LogP contribution in [0.15, 0.2) is 24.3 Å². The van der Waals surface area contributed by atoms with E-state index in [1.165, 1.54) is 19.3 Å². The summed E-state index contributed by atoms with van der Waals surface area (Å²) >= 11 is 0. The molecule has 0 spiro atoms. The van der Waals surface area contributed by atoms with Crippen molar-refractivity contribution < 1.29 is 9.59 Å². The molecule has 1 aromatic carbocycles. The molecule has 4 aliphatic rings. The molecule has 0 unspecified atom stereocenters. The second-order valence-corrected chi connectivity index (χ2v) is 7.78. The number of hydrogen-bond donors (Lipinski definition) is 2. The van der Waals surface area contributed by atoms with E-state index in [2.05, 4.69) is 10.6 Å². The molecule has 4 saturated carbocycles. The quantitative estimate of drug-likeness (QED) is 0.900. The van der Waals surface area contributed by atoms with Gasteiger partial charge in [0.2, 0.25) is 5.91 Å². The molecule has 0 saturated heterocycles. The first kappa shape index (κ1) is 14.7. The Hall–Kier alpha value is -1.84. The Bertz CT molecular complexity index is 617. The van der Waals surface area contributed by atoms with E-state index in [4.69, 9.17) is 0 Å². The molecule has 0 radical (unpaired) electrons. The maximum Gasteiger partial charge on any atom is 0.253 e. The second-order valence-electron chi connectivity index (χ2n) is 7.78. The average Bonchev–Trinajstić information content (AvgIpc) is 2.53. The van der Waals surface area contributed by atoms with E-state index in [0.717, 1.165) is 37.0 Å². The van der Waals surface area contributed by atoms with E-state index in [1.807, 2.05) is 18.2 Å². The summed E-state index contributed by atoms with van der Waals surface area (Å²) in [5.74, 6) is 2.18. The third-order valence-electron chi connectivity index (χ3n) is 6.17. The van der Waals surface area contributed by atoms with Gasteiger partial charge in [0.25, 0.3) is 5.91 Å². The molecule has 4 bridgehead atoms. The second kappa shape index (κ2) is 5.36. The van der Waals surface area contributed by atoms with Gasteiger partial charge in [0.15, 0.2) is 0 Å². The lowest BCUT2D eigenvalue weighted by Gasteiger charge is -2.55. The number of anilines is 1. The van der Waals surface area contributed by atoms with E-state index in [9.17, 15) is 9.59 Å². The van der Waals surface area contributed by atoms with E-state index in [1.54, 1.807) is 13.1 Å². The van der Waals surface area contributed by atoms with E-state index in [0.29, 0.717) is 11.3 Å². The minimum atomic E-state index is -0.190. The van der Waals surface area contributed by atoms with Crippen LogP contribution < -0.4 is 10.6 Å². The lowest BCUT2D eigenvalue weighted by atomic mass is 9.49. The Kier molecular flexibility index (Phi) is 3.43. The van der Waals surface area contributed by atoms with Gasteiger partial charge < -0.3 is 10.6 Å². The van der Waals surface area contributed by atoms with Crippen molar-refractivity contribution in [1.82, 2.24) is 5.32 Å². The summed E-state index contributed by atoms with van der Waals surface area (Å²) in [6, 6.07) is 7.27. The van der Waals surface area contributed by atoms with Crippen molar-refractivity contribution in [2.24, 2.45) is 23.2 Å². The summed E-state index contributed by atoms with van der Waals surface area (Å²) in [5, 5.41) is 5.72. The molecular formula is C19H24N2O2. The number of carbonyl (C=O) groups excluding carboxylic acids is 2. The van der Waals surface area contributed by atoms with Gasteiger partial charge in [-0.25, -0.2) is 0 Å². The van der Waals surface area contributed by atoms with E-state index >= 15 is 0 Å². The van der Waals surface area contributed by atoms with Crippen LogP contribution in [-0.4, -0.2) is 18.9 Å². The van der Waals surface area contributed by atoms with Crippen molar-refractivity contribution in [2.75, 3.05) is 12.4 Å². The third kappa shape index (κ3) is 2.44. The molecule has 4 heteroatoms. The molecule has 4 nitrogen and oxygen atoms in total. The maximum absolute atomic E-state index is 13.1. The fourth-order valence-electron chi connectivity index (χ4n) is 5.57. The monoisotopic (exact) mass is 312 g/mol. The number of rotatable bonds is 3. The summed E-state index contributed by atoms with van der Waals surface area (Å²) in [4.78, 5) is 25.1. The van der Waals surface area contributed by atoms with Gasteiger partial charge in [0, 0.05) is 7.05 Å². The molecule has 0 heterocycles. The predicted molar refractivity (Wildman–Crippen MR) is 89.1 cm³/mol.